The van der Waals surface area contributed by atoms with E-state index in [0.717, 1.165) is 5.39 Å². The third kappa shape index (κ3) is 1.85. The zero-order valence-electron chi connectivity index (χ0n) is 8.07. The van der Waals surface area contributed by atoms with E-state index in [2.05, 4.69) is 0 Å². The van der Waals surface area contributed by atoms with E-state index in [0.29, 0.717) is 15.3 Å². The summed E-state index contributed by atoms with van der Waals surface area (Å²) in [7, 11) is -3.20. The van der Waals surface area contributed by atoms with Gasteiger partial charge in [0.25, 0.3) is 0 Å². The SMILES string of the molecule is CS(=O)(=O)c1ccc(Cl)c2ccccc12. The van der Waals surface area contributed by atoms with Crippen molar-refractivity contribution in [1.82, 2.24) is 0 Å². The van der Waals surface area contributed by atoms with Gasteiger partial charge in [0.2, 0.25) is 0 Å². The summed E-state index contributed by atoms with van der Waals surface area (Å²) in [5.41, 5.74) is 0. The number of sulfone groups is 1. The summed E-state index contributed by atoms with van der Waals surface area (Å²) in [6, 6.07) is 10.4. The van der Waals surface area contributed by atoms with E-state index in [1.165, 1.54) is 6.26 Å². The molecule has 2 nitrogen and oxygen atoms in total. The second-order valence-corrected chi connectivity index (χ2v) is 5.75. The summed E-state index contributed by atoms with van der Waals surface area (Å²) >= 11 is 5.98. The number of fused-ring (bicyclic) bond motifs is 1. The fourth-order valence-electron chi connectivity index (χ4n) is 1.56. The first-order valence-corrected chi connectivity index (χ1v) is 6.64. The first kappa shape index (κ1) is 10.5. The average molecular weight is 241 g/mol. The summed E-state index contributed by atoms with van der Waals surface area (Å²) < 4.78 is 23.0. The molecule has 0 aliphatic heterocycles. The highest BCUT2D eigenvalue weighted by molar-refractivity contribution is 7.91. The van der Waals surface area contributed by atoms with Gasteiger partial charge in [0.1, 0.15) is 0 Å². The average Bonchev–Trinajstić information content (AvgIpc) is 2.17. The van der Waals surface area contributed by atoms with E-state index >= 15 is 0 Å². The van der Waals surface area contributed by atoms with Gasteiger partial charge in [-0.3, -0.25) is 0 Å². The maximum Gasteiger partial charge on any atom is 0.176 e. The van der Waals surface area contributed by atoms with Crippen LogP contribution in [-0.4, -0.2) is 14.7 Å². The molecule has 0 aromatic heterocycles. The third-order valence-electron chi connectivity index (χ3n) is 2.23. The Hall–Kier alpha value is -1.06. The fraction of sp³-hybridized carbons (Fsp3) is 0.0909. The van der Waals surface area contributed by atoms with Gasteiger partial charge in [-0.25, -0.2) is 8.42 Å². The van der Waals surface area contributed by atoms with Crippen LogP contribution in [0, 0.1) is 0 Å². The highest BCUT2D eigenvalue weighted by atomic mass is 35.5. The Morgan fingerprint density at radius 2 is 1.60 bits per heavy atom. The molecule has 0 saturated heterocycles. The van der Waals surface area contributed by atoms with Gasteiger partial charge in [-0.15, -0.1) is 0 Å². The van der Waals surface area contributed by atoms with Crippen LogP contribution in [0.2, 0.25) is 5.02 Å². The van der Waals surface area contributed by atoms with E-state index in [1.807, 2.05) is 12.1 Å². The van der Waals surface area contributed by atoms with Gasteiger partial charge >= 0.3 is 0 Å². The van der Waals surface area contributed by atoms with E-state index in [-0.39, 0.29) is 0 Å². The topological polar surface area (TPSA) is 34.1 Å². The first-order chi connectivity index (χ1) is 7.00. The minimum atomic E-state index is -3.20. The van der Waals surface area contributed by atoms with Crippen molar-refractivity contribution in [3.8, 4) is 0 Å². The zero-order chi connectivity index (χ0) is 11.1. The molecule has 4 heteroatoms. The maximum atomic E-state index is 11.5. The van der Waals surface area contributed by atoms with E-state index in [1.54, 1.807) is 24.3 Å². The fourth-order valence-corrected chi connectivity index (χ4v) is 2.68. The number of halogens is 1. The van der Waals surface area contributed by atoms with Crippen LogP contribution in [0.25, 0.3) is 10.8 Å². The lowest BCUT2D eigenvalue weighted by Gasteiger charge is -2.05. The summed E-state index contributed by atoms with van der Waals surface area (Å²) in [5, 5.41) is 2.01. The van der Waals surface area contributed by atoms with Crippen molar-refractivity contribution >= 4 is 32.2 Å². The normalized spacial score (nSPS) is 11.9. The van der Waals surface area contributed by atoms with Crippen molar-refractivity contribution in [3.05, 3.63) is 41.4 Å². The molecule has 0 radical (unpaired) electrons. The van der Waals surface area contributed by atoms with E-state index < -0.39 is 9.84 Å². The molecule has 2 rings (SSSR count). The monoisotopic (exact) mass is 240 g/mol. The molecule has 0 N–H and O–H groups in total. The molecule has 0 atom stereocenters. The number of rotatable bonds is 1. The van der Waals surface area contributed by atoms with Gasteiger partial charge in [-0.1, -0.05) is 35.9 Å². The smallest absolute Gasteiger partial charge is 0.176 e. The zero-order valence-corrected chi connectivity index (χ0v) is 9.64. The molecule has 0 amide bonds. The molecule has 0 spiro atoms. The number of hydrogen-bond donors (Lipinski definition) is 0. The Kier molecular flexibility index (Phi) is 2.44. The molecule has 0 aliphatic rings. The van der Waals surface area contributed by atoms with Crippen molar-refractivity contribution in [2.45, 2.75) is 4.90 Å². The van der Waals surface area contributed by atoms with Gasteiger partial charge in [-0.2, -0.15) is 0 Å². The molecule has 0 heterocycles. The lowest BCUT2D eigenvalue weighted by atomic mass is 10.1. The third-order valence-corrected chi connectivity index (χ3v) is 3.71. The molecule has 0 fully saturated rings. The van der Waals surface area contributed by atoms with Crippen LogP contribution in [0.3, 0.4) is 0 Å². The van der Waals surface area contributed by atoms with Crippen LogP contribution in [0.4, 0.5) is 0 Å². The van der Waals surface area contributed by atoms with E-state index in [4.69, 9.17) is 11.6 Å². The van der Waals surface area contributed by atoms with Crippen LogP contribution >= 0.6 is 11.6 Å². The van der Waals surface area contributed by atoms with Crippen molar-refractivity contribution in [3.63, 3.8) is 0 Å². The lowest BCUT2D eigenvalue weighted by Crippen LogP contribution is -1.97. The number of benzene rings is 2. The summed E-state index contributed by atoms with van der Waals surface area (Å²) in [6.07, 6.45) is 1.20. The minimum absolute atomic E-state index is 0.322. The van der Waals surface area contributed by atoms with Crippen LogP contribution in [0.5, 0.6) is 0 Å². The van der Waals surface area contributed by atoms with Crippen molar-refractivity contribution < 1.29 is 8.42 Å². The van der Waals surface area contributed by atoms with Gasteiger partial charge in [-0.05, 0) is 12.1 Å². The van der Waals surface area contributed by atoms with Crippen molar-refractivity contribution in [2.75, 3.05) is 6.26 Å². The Morgan fingerprint density at radius 3 is 2.20 bits per heavy atom. The molecular formula is C11H9ClO2S. The molecule has 15 heavy (non-hydrogen) atoms. The summed E-state index contributed by atoms with van der Waals surface area (Å²) in [5.74, 6) is 0. The number of hydrogen-bond acceptors (Lipinski definition) is 2. The summed E-state index contributed by atoms with van der Waals surface area (Å²) in [4.78, 5) is 0.322. The maximum absolute atomic E-state index is 11.5. The Labute approximate surface area is 93.4 Å². The quantitative estimate of drug-likeness (QED) is 0.768. The van der Waals surface area contributed by atoms with E-state index in [9.17, 15) is 8.42 Å². The van der Waals surface area contributed by atoms with Gasteiger partial charge < -0.3 is 0 Å². The van der Waals surface area contributed by atoms with Gasteiger partial charge in [0, 0.05) is 22.1 Å². The first-order valence-electron chi connectivity index (χ1n) is 4.37. The van der Waals surface area contributed by atoms with Crippen molar-refractivity contribution in [2.24, 2.45) is 0 Å². The predicted molar refractivity (Wildman–Crippen MR) is 62.1 cm³/mol. The molecule has 2 aromatic carbocycles. The molecule has 0 bridgehead atoms. The Bertz CT molecular complexity index is 618. The standard InChI is InChI=1S/C11H9ClO2S/c1-15(13,14)11-7-6-10(12)8-4-2-3-5-9(8)11/h2-7H,1H3. The largest absolute Gasteiger partial charge is 0.224 e. The minimum Gasteiger partial charge on any atom is -0.224 e. The second kappa shape index (κ2) is 3.51. The predicted octanol–water partition coefficient (Wildman–Crippen LogP) is 2.90. The van der Waals surface area contributed by atoms with Gasteiger partial charge in [0.05, 0.1) is 4.90 Å². The Morgan fingerprint density at radius 1 is 1.00 bits per heavy atom. The molecule has 2 aromatic rings. The van der Waals surface area contributed by atoms with Crippen LogP contribution in [0.1, 0.15) is 0 Å². The van der Waals surface area contributed by atoms with Crippen LogP contribution in [-0.2, 0) is 9.84 Å². The Balaban J connectivity index is 2.96. The van der Waals surface area contributed by atoms with Crippen LogP contribution in [0.15, 0.2) is 41.3 Å². The molecular weight excluding hydrogens is 232 g/mol. The molecule has 0 aliphatic carbocycles. The highest BCUT2D eigenvalue weighted by Gasteiger charge is 2.12. The molecule has 0 saturated carbocycles. The second-order valence-electron chi connectivity index (χ2n) is 3.36. The lowest BCUT2D eigenvalue weighted by molar-refractivity contribution is 0.602. The van der Waals surface area contributed by atoms with Gasteiger partial charge in [0.15, 0.2) is 9.84 Å². The molecule has 0 unspecified atom stereocenters. The summed E-state index contributed by atoms with van der Waals surface area (Å²) in [6.45, 7) is 0. The van der Waals surface area contributed by atoms with Crippen molar-refractivity contribution in [1.29, 1.82) is 0 Å². The molecule has 78 valence electrons. The highest BCUT2D eigenvalue weighted by Crippen LogP contribution is 2.28. The van der Waals surface area contributed by atoms with Crippen LogP contribution < -0.4 is 0 Å².